The topological polar surface area (TPSA) is 12.5 Å². The monoisotopic (exact) mass is 537 g/mol. The van der Waals surface area contributed by atoms with Crippen LogP contribution in [0.1, 0.15) is 0 Å². The number of ether oxygens (including phenoxy) is 1. The van der Waals surface area contributed by atoms with Gasteiger partial charge in [0.25, 0.3) is 0 Å². The fourth-order valence-corrected chi connectivity index (χ4v) is 6.11. The Morgan fingerprint density at radius 2 is 0.976 bits per heavy atom. The molecule has 0 amide bonds. The summed E-state index contributed by atoms with van der Waals surface area (Å²) in [7, 11) is 0. The van der Waals surface area contributed by atoms with Gasteiger partial charge < -0.3 is 9.64 Å². The average molecular weight is 538 g/mol. The number of nitrogens with zero attached hydrogens (tertiary/aromatic N) is 1. The molecule has 1 aliphatic heterocycles. The molecule has 198 valence electrons. The fraction of sp³-hybridized carbons (Fsp3) is 0. The molecular formula is C40H27NO. The number of anilines is 3. The third-order valence-electron chi connectivity index (χ3n) is 8.05. The van der Waals surface area contributed by atoms with Gasteiger partial charge in [-0.2, -0.15) is 0 Å². The van der Waals surface area contributed by atoms with Crippen LogP contribution < -0.4 is 9.64 Å². The maximum Gasteiger partial charge on any atom is 0.137 e. The SMILES string of the molecule is c1ccc(-c2cccc(N(c3ccccc3)c3ccc4c(c3)Oc3ccc(-c5ccccc5)c5cccc-4c35)c2)cc1. The minimum atomic E-state index is 0.861. The summed E-state index contributed by atoms with van der Waals surface area (Å²) in [5.74, 6) is 1.75. The lowest BCUT2D eigenvalue weighted by atomic mass is 9.90. The highest BCUT2D eigenvalue weighted by molar-refractivity contribution is 6.10. The lowest BCUT2D eigenvalue weighted by molar-refractivity contribution is 0.487. The van der Waals surface area contributed by atoms with Gasteiger partial charge in [0.15, 0.2) is 0 Å². The molecule has 42 heavy (non-hydrogen) atoms. The van der Waals surface area contributed by atoms with Gasteiger partial charge in [-0.3, -0.25) is 0 Å². The second-order valence-corrected chi connectivity index (χ2v) is 10.6. The van der Waals surface area contributed by atoms with Crippen molar-refractivity contribution in [2.24, 2.45) is 0 Å². The van der Waals surface area contributed by atoms with Crippen LogP contribution in [0.15, 0.2) is 164 Å². The summed E-state index contributed by atoms with van der Waals surface area (Å²) in [5, 5.41) is 2.36. The van der Waals surface area contributed by atoms with Gasteiger partial charge in [-0.25, -0.2) is 0 Å². The van der Waals surface area contributed by atoms with Gasteiger partial charge >= 0.3 is 0 Å². The van der Waals surface area contributed by atoms with Gasteiger partial charge in [0.1, 0.15) is 11.5 Å². The Hall–Kier alpha value is -5.60. The molecule has 0 spiro atoms. The zero-order valence-corrected chi connectivity index (χ0v) is 22.9. The molecule has 0 saturated carbocycles. The molecule has 2 nitrogen and oxygen atoms in total. The van der Waals surface area contributed by atoms with Crippen LogP contribution in [0.3, 0.4) is 0 Å². The van der Waals surface area contributed by atoms with Crippen molar-refractivity contribution in [2.75, 3.05) is 4.90 Å². The number of benzene rings is 7. The second-order valence-electron chi connectivity index (χ2n) is 10.6. The molecule has 7 aromatic rings. The summed E-state index contributed by atoms with van der Waals surface area (Å²) in [5.41, 5.74) is 10.3. The van der Waals surface area contributed by atoms with Crippen molar-refractivity contribution >= 4 is 27.8 Å². The minimum Gasteiger partial charge on any atom is -0.456 e. The molecule has 1 heterocycles. The summed E-state index contributed by atoms with van der Waals surface area (Å²) >= 11 is 0. The smallest absolute Gasteiger partial charge is 0.137 e. The number of para-hydroxylation sites is 1. The molecule has 0 unspecified atom stereocenters. The molecule has 0 aliphatic carbocycles. The maximum atomic E-state index is 6.67. The first-order valence-electron chi connectivity index (χ1n) is 14.3. The van der Waals surface area contributed by atoms with Gasteiger partial charge in [-0.05, 0) is 75.7 Å². The quantitative estimate of drug-likeness (QED) is 0.216. The highest BCUT2D eigenvalue weighted by Crippen LogP contribution is 2.50. The molecule has 0 fully saturated rings. The first kappa shape index (κ1) is 24.2. The molecule has 0 N–H and O–H groups in total. The van der Waals surface area contributed by atoms with E-state index >= 15 is 0 Å². The van der Waals surface area contributed by atoms with Crippen molar-refractivity contribution < 1.29 is 4.74 Å². The Kier molecular flexibility index (Phi) is 5.82. The Labute approximate surface area is 245 Å². The third-order valence-corrected chi connectivity index (χ3v) is 8.05. The van der Waals surface area contributed by atoms with E-state index in [2.05, 4.69) is 169 Å². The van der Waals surface area contributed by atoms with E-state index in [9.17, 15) is 0 Å². The first-order valence-corrected chi connectivity index (χ1v) is 14.3. The molecule has 0 saturated heterocycles. The molecule has 0 radical (unpaired) electrons. The summed E-state index contributed by atoms with van der Waals surface area (Å²) in [6, 6.07) is 57.8. The van der Waals surface area contributed by atoms with Crippen LogP contribution in [0.25, 0.3) is 44.2 Å². The zero-order chi connectivity index (χ0) is 27.9. The van der Waals surface area contributed by atoms with Gasteiger partial charge in [0.2, 0.25) is 0 Å². The summed E-state index contributed by atoms with van der Waals surface area (Å²) < 4.78 is 6.67. The van der Waals surface area contributed by atoms with Crippen molar-refractivity contribution in [1.82, 2.24) is 0 Å². The summed E-state index contributed by atoms with van der Waals surface area (Å²) in [6.07, 6.45) is 0. The standard InChI is InChI=1S/C40H27NO/c1-4-12-28(13-5-1)30-16-10-19-32(26-30)41(31-17-8-3-9-18-31)33-22-23-35-37-21-11-20-36-34(29-14-6-2-7-15-29)24-25-38(40(36)37)42-39(35)27-33/h1-27H. The fourth-order valence-electron chi connectivity index (χ4n) is 6.11. The van der Waals surface area contributed by atoms with Crippen LogP contribution in [0.2, 0.25) is 0 Å². The number of fused-ring (bicyclic) bond motifs is 2. The van der Waals surface area contributed by atoms with Gasteiger partial charge in [0.05, 0.1) is 0 Å². The number of hydrogen-bond acceptors (Lipinski definition) is 2. The Morgan fingerprint density at radius 1 is 0.357 bits per heavy atom. The highest BCUT2D eigenvalue weighted by atomic mass is 16.5. The van der Waals surface area contributed by atoms with Gasteiger partial charge in [-0.15, -0.1) is 0 Å². The van der Waals surface area contributed by atoms with Crippen LogP contribution in [0.5, 0.6) is 11.5 Å². The molecule has 1 aliphatic rings. The third kappa shape index (κ3) is 4.13. The van der Waals surface area contributed by atoms with Gasteiger partial charge in [0, 0.05) is 34.1 Å². The van der Waals surface area contributed by atoms with E-state index in [1.165, 1.54) is 33.2 Å². The van der Waals surface area contributed by atoms with Crippen molar-refractivity contribution in [3.63, 3.8) is 0 Å². The van der Waals surface area contributed by atoms with Crippen LogP contribution >= 0.6 is 0 Å². The second kappa shape index (κ2) is 10.1. The molecule has 0 atom stereocenters. The van der Waals surface area contributed by atoms with Crippen LogP contribution in [0, 0.1) is 0 Å². The van der Waals surface area contributed by atoms with Crippen molar-refractivity contribution in [3.05, 3.63) is 164 Å². The highest BCUT2D eigenvalue weighted by Gasteiger charge is 2.23. The Balaban J connectivity index is 1.26. The van der Waals surface area contributed by atoms with E-state index in [1.807, 2.05) is 0 Å². The molecule has 7 aromatic carbocycles. The van der Waals surface area contributed by atoms with E-state index in [0.717, 1.165) is 39.5 Å². The minimum absolute atomic E-state index is 0.861. The van der Waals surface area contributed by atoms with Crippen LogP contribution in [-0.4, -0.2) is 0 Å². The molecule has 2 heteroatoms. The normalized spacial score (nSPS) is 11.5. The number of hydrogen-bond donors (Lipinski definition) is 0. The van der Waals surface area contributed by atoms with Crippen molar-refractivity contribution in [2.45, 2.75) is 0 Å². The summed E-state index contributed by atoms with van der Waals surface area (Å²) in [4.78, 5) is 2.30. The molecule has 0 aromatic heterocycles. The number of rotatable bonds is 5. The molecular weight excluding hydrogens is 510 g/mol. The summed E-state index contributed by atoms with van der Waals surface area (Å²) in [6.45, 7) is 0. The average Bonchev–Trinajstić information content (AvgIpc) is 3.06. The Morgan fingerprint density at radius 3 is 1.76 bits per heavy atom. The predicted octanol–water partition coefficient (Wildman–Crippen LogP) is 11.4. The lowest BCUT2D eigenvalue weighted by Crippen LogP contribution is -2.10. The van der Waals surface area contributed by atoms with E-state index in [1.54, 1.807) is 0 Å². The van der Waals surface area contributed by atoms with E-state index in [0.29, 0.717) is 0 Å². The van der Waals surface area contributed by atoms with Crippen LogP contribution in [0.4, 0.5) is 17.1 Å². The largest absolute Gasteiger partial charge is 0.456 e. The lowest BCUT2D eigenvalue weighted by Gasteiger charge is -2.28. The van der Waals surface area contributed by atoms with Crippen molar-refractivity contribution in [3.8, 4) is 44.9 Å². The molecule has 8 rings (SSSR count). The molecule has 0 bridgehead atoms. The Bertz CT molecular complexity index is 2050. The van der Waals surface area contributed by atoms with E-state index in [4.69, 9.17) is 4.74 Å². The van der Waals surface area contributed by atoms with Crippen LogP contribution in [-0.2, 0) is 0 Å². The van der Waals surface area contributed by atoms with E-state index in [-0.39, 0.29) is 0 Å². The predicted molar refractivity (Wildman–Crippen MR) is 175 cm³/mol. The first-order chi connectivity index (χ1) is 20.8. The van der Waals surface area contributed by atoms with E-state index < -0.39 is 0 Å². The maximum absolute atomic E-state index is 6.67. The van der Waals surface area contributed by atoms with Gasteiger partial charge in [-0.1, -0.05) is 115 Å². The van der Waals surface area contributed by atoms with Crippen molar-refractivity contribution in [1.29, 1.82) is 0 Å². The zero-order valence-electron chi connectivity index (χ0n) is 22.9.